The van der Waals surface area contributed by atoms with Crippen LogP contribution in [0, 0.1) is 25.2 Å². The molecule has 1 aromatic carbocycles. The summed E-state index contributed by atoms with van der Waals surface area (Å²) in [6, 6.07) is 13.2. The van der Waals surface area contributed by atoms with E-state index in [2.05, 4.69) is 20.4 Å². The van der Waals surface area contributed by atoms with Crippen LogP contribution in [-0.4, -0.2) is 25.7 Å². The lowest BCUT2D eigenvalue weighted by molar-refractivity contribution is -0.115. The normalized spacial score (nSPS) is 10.3. The van der Waals surface area contributed by atoms with Crippen LogP contribution in [0.25, 0.3) is 5.95 Å². The molecule has 25 heavy (non-hydrogen) atoms. The maximum Gasteiger partial charge on any atom is 0.252 e. The Morgan fingerprint density at radius 2 is 1.88 bits per heavy atom. The first-order valence-electron chi connectivity index (χ1n) is 7.71. The summed E-state index contributed by atoms with van der Waals surface area (Å²) in [6.07, 6.45) is 1.59. The molecular formula is C18H16N6O. The molecule has 0 aliphatic heterocycles. The summed E-state index contributed by atoms with van der Waals surface area (Å²) in [5.74, 6) is 0.344. The molecule has 0 atom stereocenters. The Labute approximate surface area is 145 Å². The number of nitrogens with one attached hydrogen (secondary N) is 1. The van der Waals surface area contributed by atoms with Crippen LogP contribution in [0.2, 0.25) is 0 Å². The molecule has 2 aromatic heterocycles. The first kappa shape index (κ1) is 16.3. The summed E-state index contributed by atoms with van der Waals surface area (Å²) < 4.78 is 1.38. The molecule has 0 unspecified atom stereocenters. The van der Waals surface area contributed by atoms with Crippen LogP contribution < -0.4 is 5.32 Å². The number of nitriles is 1. The van der Waals surface area contributed by atoms with Gasteiger partial charge in [0.1, 0.15) is 11.6 Å². The van der Waals surface area contributed by atoms with Gasteiger partial charge in [0.05, 0.1) is 12.6 Å². The molecule has 3 aromatic rings. The van der Waals surface area contributed by atoms with Crippen molar-refractivity contribution in [2.24, 2.45) is 0 Å². The minimum Gasteiger partial charge on any atom is -0.309 e. The van der Waals surface area contributed by atoms with E-state index in [0.29, 0.717) is 5.95 Å². The van der Waals surface area contributed by atoms with Crippen LogP contribution in [0.5, 0.6) is 0 Å². The van der Waals surface area contributed by atoms with E-state index in [1.807, 2.05) is 56.3 Å². The third kappa shape index (κ3) is 3.70. The van der Waals surface area contributed by atoms with Crippen molar-refractivity contribution >= 4 is 11.7 Å². The fourth-order valence-corrected chi connectivity index (χ4v) is 2.46. The van der Waals surface area contributed by atoms with E-state index < -0.39 is 0 Å². The molecule has 0 spiro atoms. The minimum absolute atomic E-state index is 0.199. The smallest absolute Gasteiger partial charge is 0.252 e. The van der Waals surface area contributed by atoms with Gasteiger partial charge in [-0.05, 0) is 25.5 Å². The molecule has 0 saturated carbocycles. The topological polar surface area (TPSA) is 96.5 Å². The molecule has 0 aliphatic rings. The highest BCUT2D eigenvalue weighted by molar-refractivity contribution is 5.92. The Kier molecular flexibility index (Phi) is 4.53. The van der Waals surface area contributed by atoms with E-state index in [1.165, 1.54) is 10.9 Å². The fraction of sp³-hybridized carbons (Fsp3) is 0.167. The highest BCUT2D eigenvalue weighted by Gasteiger charge is 2.17. The third-order valence-electron chi connectivity index (χ3n) is 3.51. The van der Waals surface area contributed by atoms with Crippen molar-refractivity contribution in [1.82, 2.24) is 19.7 Å². The molecule has 2 heterocycles. The molecule has 0 fully saturated rings. The van der Waals surface area contributed by atoms with Crippen LogP contribution in [-0.2, 0) is 11.2 Å². The number of aromatic nitrogens is 4. The second-order valence-electron chi connectivity index (χ2n) is 5.59. The summed E-state index contributed by atoms with van der Waals surface area (Å²) in [4.78, 5) is 21.0. The number of hydrogen-bond donors (Lipinski definition) is 1. The zero-order valence-electron chi connectivity index (χ0n) is 13.9. The number of carbonyl (C=O) groups excluding carboxylic acids is 1. The number of aryl methyl sites for hydroxylation is 2. The van der Waals surface area contributed by atoms with E-state index in [0.717, 1.165) is 17.0 Å². The number of hydrogen-bond acceptors (Lipinski definition) is 5. The summed E-state index contributed by atoms with van der Waals surface area (Å²) in [5, 5.41) is 16.2. The van der Waals surface area contributed by atoms with Crippen LogP contribution in [0.3, 0.4) is 0 Å². The van der Waals surface area contributed by atoms with Gasteiger partial charge < -0.3 is 5.32 Å². The highest BCUT2D eigenvalue weighted by atomic mass is 16.1. The van der Waals surface area contributed by atoms with Gasteiger partial charge in [-0.3, -0.25) is 4.79 Å². The Morgan fingerprint density at radius 3 is 2.52 bits per heavy atom. The molecule has 3 rings (SSSR count). The van der Waals surface area contributed by atoms with Crippen molar-refractivity contribution in [2.75, 3.05) is 5.32 Å². The van der Waals surface area contributed by atoms with E-state index in [4.69, 9.17) is 0 Å². The van der Waals surface area contributed by atoms with Crippen molar-refractivity contribution in [3.05, 3.63) is 65.1 Å². The van der Waals surface area contributed by atoms with Crippen molar-refractivity contribution in [3.8, 4) is 12.0 Å². The average molecular weight is 332 g/mol. The zero-order valence-corrected chi connectivity index (χ0v) is 13.9. The molecule has 0 bridgehead atoms. The van der Waals surface area contributed by atoms with Gasteiger partial charge in [0, 0.05) is 11.4 Å². The van der Waals surface area contributed by atoms with Crippen molar-refractivity contribution < 1.29 is 4.79 Å². The fourth-order valence-electron chi connectivity index (χ4n) is 2.46. The number of rotatable bonds is 4. The Bertz CT molecular complexity index is 935. The Hall–Kier alpha value is -3.53. The molecule has 0 radical (unpaired) electrons. The summed E-state index contributed by atoms with van der Waals surface area (Å²) in [5.41, 5.74) is 2.69. The summed E-state index contributed by atoms with van der Waals surface area (Å²) in [7, 11) is 0. The Balaban J connectivity index is 1.91. The maximum atomic E-state index is 12.4. The van der Waals surface area contributed by atoms with E-state index in [9.17, 15) is 10.1 Å². The quantitative estimate of drug-likeness (QED) is 0.791. The van der Waals surface area contributed by atoms with Gasteiger partial charge in [-0.2, -0.15) is 15.0 Å². The third-order valence-corrected chi connectivity index (χ3v) is 3.51. The van der Waals surface area contributed by atoms with E-state index >= 15 is 0 Å². The van der Waals surface area contributed by atoms with Crippen LogP contribution in [0.15, 0.2) is 42.6 Å². The molecule has 0 aliphatic carbocycles. The van der Waals surface area contributed by atoms with Gasteiger partial charge in [0.2, 0.25) is 5.91 Å². The standard InChI is InChI=1S/C18H16N6O/c1-12-8-13(2)22-18(21-12)24-17(15(10-19)11-20-24)23-16(25)9-14-6-4-3-5-7-14/h3-8,11H,9H2,1-2H3,(H,23,25). The largest absolute Gasteiger partial charge is 0.309 e. The number of carbonyl (C=O) groups is 1. The van der Waals surface area contributed by atoms with E-state index in [1.54, 1.807) is 0 Å². The monoisotopic (exact) mass is 332 g/mol. The van der Waals surface area contributed by atoms with Gasteiger partial charge in [0.15, 0.2) is 5.82 Å². The maximum absolute atomic E-state index is 12.4. The molecule has 7 heteroatoms. The van der Waals surface area contributed by atoms with Crippen molar-refractivity contribution in [2.45, 2.75) is 20.3 Å². The van der Waals surface area contributed by atoms with Gasteiger partial charge in [-0.25, -0.2) is 9.97 Å². The number of benzene rings is 1. The molecule has 7 nitrogen and oxygen atoms in total. The summed E-state index contributed by atoms with van der Waals surface area (Å²) in [6.45, 7) is 3.70. The highest BCUT2D eigenvalue weighted by Crippen LogP contribution is 2.18. The first-order chi connectivity index (χ1) is 12.1. The molecule has 1 N–H and O–H groups in total. The van der Waals surface area contributed by atoms with Gasteiger partial charge in [-0.1, -0.05) is 30.3 Å². The lowest BCUT2D eigenvalue weighted by atomic mass is 10.1. The van der Waals surface area contributed by atoms with Crippen molar-refractivity contribution in [3.63, 3.8) is 0 Å². The second kappa shape index (κ2) is 6.93. The van der Waals surface area contributed by atoms with Gasteiger partial charge >= 0.3 is 0 Å². The molecule has 0 saturated heterocycles. The van der Waals surface area contributed by atoms with Gasteiger partial charge in [-0.15, -0.1) is 0 Å². The van der Waals surface area contributed by atoms with E-state index in [-0.39, 0.29) is 23.7 Å². The average Bonchev–Trinajstić information content (AvgIpc) is 2.97. The molecular weight excluding hydrogens is 316 g/mol. The molecule has 1 amide bonds. The number of anilines is 1. The van der Waals surface area contributed by atoms with Gasteiger partial charge in [0.25, 0.3) is 5.95 Å². The number of nitrogens with zero attached hydrogens (tertiary/aromatic N) is 5. The van der Waals surface area contributed by atoms with Crippen LogP contribution >= 0.6 is 0 Å². The minimum atomic E-state index is -0.242. The SMILES string of the molecule is Cc1cc(C)nc(-n2ncc(C#N)c2NC(=O)Cc2ccccc2)n1. The van der Waals surface area contributed by atoms with Crippen LogP contribution in [0.4, 0.5) is 5.82 Å². The lowest BCUT2D eigenvalue weighted by Gasteiger charge is -2.09. The lowest BCUT2D eigenvalue weighted by Crippen LogP contribution is -2.19. The zero-order chi connectivity index (χ0) is 17.8. The second-order valence-corrected chi connectivity index (χ2v) is 5.59. The first-order valence-corrected chi connectivity index (χ1v) is 7.71. The van der Waals surface area contributed by atoms with Crippen molar-refractivity contribution in [1.29, 1.82) is 5.26 Å². The predicted octanol–water partition coefficient (Wildman–Crippen LogP) is 2.33. The number of amides is 1. The molecule has 124 valence electrons. The Morgan fingerprint density at radius 1 is 1.20 bits per heavy atom. The van der Waals surface area contributed by atoms with Crippen LogP contribution in [0.1, 0.15) is 22.5 Å². The summed E-state index contributed by atoms with van der Waals surface area (Å²) >= 11 is 0. The predicted molar refractivity (Wildman–Crippen MR) is 92.1 cm³/mol.